The Morgan fingerprint density at radius 3 is 2.95 bits per heavy atom. The smallest absolute Gasteiger partial charge is 0.319 e. The van der Waals surface area contributed by atoms with Crippen molar-refractivity contribution in [1.82, 2.24) is 10.3 Å². The molecule has 1 aliphatic rings. The quantitative estimate of drug-likeness (QED) is 0.914. The van der Waals surface area contributed by atoms with Gasteiger partial charge in [-0.2, -0.15) is 0 Å². The first-order chi connectivity index (χ1) is 10.6. The molecule has 1 aliphatic heterocycles. The summed E-state index contributed by atoms with van der Waals surface area (Å²) in [6.07, 6.45) is 2.76. The summed E-state index contributed by atoms with van der Waals surface area (Å²) >= 11 is 1.63. The maximum atomic E-state index is 12.1. The highest BCUT2D eigenvalue weighted by molar-refractivity contribution is 7.13. The van der Waals surface area contributed by atoms with Crippen LogP contribution in [0.4, 0.5) is 15.6 Å². The fraction of sp³-hybridized carbons (Fsp3) is 0.375. The lowest BCUT2D eigenvalue weighted by Gasteiger charge is -2.16. The molecule has 2 aromatic rings. The first-order valence-electron chi connectivity index (χ1n) is 7.41. The summed E-state index contributed by atoms with van der Waals surface area (Å²) in [5.41, 5.74) is 3.23. The largest absolute Gasteiger partial charge is 0.346 e. The molecule has 1 saturated heterocycles. The zero-order valence-corrected chi connectivity index (χ0v) is 13.6. The molecule has 1 aromatic heterocycles. The second kappa shape index (κ2) is 6.36. The van der Waals surface area contributed by atoms with E-state index in [2.05, 4.69) is 27.4 Å². The number of aryl methyl sites for hydroxylation is 2. The summed E-state index contributed by atoms with van der Waals surface area (Å²) < 4.78 is 0. The van der Waals surface area contributed by atoms with E-state index in [1.807, 2.05) is 36.7 Å². The highest BCUT2D eigenvalue weighted by atomic mass is 32.1. The Morgan fingerprint density at radius 2 is 2.23 bits per heavy atom. The molecule has 0 radical (unpaired) electrons. The van der Waals surface area contributed by atoms with Crippen molar-refractivity contribution < 1.29 is 4.79 Å². The molecule has 0 aliphatic carbocycles. The fourth-order valence-electron chi connectivity index (χ4n) is 2.60. The number of nitrogens with zero attached hydrogens (tertiary/aromatic N) is 2. The monoisotopic (exact) mass is 316 g/mol. The molecule has 0 spiro atoms. The van der Waals surface area contributed by atoms with Crippen LogP contribution in [0.2, 0.25) is 0 Å². The van der Waals surface area contributed by atoms with Crippen LogP contribution in [0.3, 0.4) is 0 Å². The zero-order chi connectivity index (χ0) is 15.5. The van der Waals surface area contributed by atoms with Crippen LogP contribution >= 0.6 is 11.3 Å². The molecule has 3 rings (SSSR count). The Morgan fingerprint density at radius 1 is 1.36 bits per heavy atom. The number of rotatable bonds is 3. The van der Waals surface area contributed by atoms with Crippen molar-refractivity contribution in [1.29, 1.82) is 0 Å². The van der Waals surface area contributed by atoms with E-state index in [0.717, 1.165) is 30.3 Å². The van der Waals surface area contributed by atoms with E-state index in [1.165, 1.54) is 11.1 Å². The van der Waals surface area contributed by atoms with Gasteiger partial charge < -0.3 is 15.5 Å². The van der Waals surface area contributed by atoms with Crippen LogP contribution in [0.1, 0.15) is 17.5 Å². The minimum Gasteiger partial charge on any atom is -0.346 e. The van der Waals surface area contributed by atoms with Crippen molar-refractivity contribution in [3.05, 3.63) is 40.9 Å². The van der Waals surface area contributed by atoms with E-state index < -0.39 is 0 Å². The van der Waals surface area contributed by atoms with Gasteiger partial charge in [0.25, 0.3) is 0 Å². The SMILES string of the molecule is Cc1ccc(NC(=O)NC2CCN(c3nccs3)C2)cc1C. The average Bonchev–Trinajstić information content (AvgIpc) is 3.13. The number of nitrogens with one attached hydrogen (secondary N) is 2. The number of benzene rings is 1. The highest BCUT2D eigenvalue weighted by Gasteiger charge is 2.25. The van der Waals surface area contributed by atoms with Gasteiger partial charge in [0.15, 0.2) is 5.13 Å². The first kappa shape index (κ1) is 14.8. The van der Waals surface area contributed by atoms with Crippen molar-refractivity contribution in [2.24, 2.45) is 0 Å². The molecule has 1 fully saturated rings. The lowest BCUT2D eigenvalue weighted by Crippen LogP contribution is -2.39. The number of amides is 2. The first-order valence-corrected chi connectivity index (χ1v) is 8.29. The molecule has 22 heavy (non-hydrogen) atoms. The van der Waals surface area contributed by atoms with Crippen molar-refractivity contribution in [2.45, 2.75) is 26.3 Å². The van der Waals surface area contributed by atoms with Gasteiger partial charge in [-0.15, -0.1) is 11.3 Å². The molecular formula is C16H20N4OS. The average molecular weight is 316 g/mol. The van der Waals surface area contributed by atoms with Crippen LogP contribution in [0.5, 0.6) is 0 Å². The molecule has 2 N–H and O–H groups in total. The van der Waals surface area contributed by atoms with Gasteiger partial charge in [-0.25, -0.2) is 9.78 Å². The minimum absolute atomic E-state index is 0.144. The molecule has 2 heterocycles. The topological polar surface area (TPSA) is 57.3 Å². The second-order valence-corrected chi connectivity index (χ2v) is 6.52. The second-order valence-electron chi connectivity index (χ2n) is 5.64. The maximum absolute atomic E-state index is 12.1. The number of hydrogen-bond acceptors (Lipinski definition) is 4. The van der Waals surface area contributed by atoms with Crippen molar-refractivity contribution >= 4 is 28.2 Å². The van der Waals surface area contributed by atoms with Crippen LogP contribution in [-0.2, 0) is 0 Å². The van der Waals surface area contributed by atoms with Gasteiger partial charge in [-0.05, 0) is 43.5 Å². The van der Waals surface area contributed by atoms with E-state index >= 15 is 0 Å². The van der Waals surface area contributed by atoms with Gasteiger partial charge in [0.1, 0.15) is 0 Å². The Balaban J connectivity index is 1.53. The van der Waals surface area contributed by atoms with Gasteiger partial charge in [0, 0.05) is 36.4 Å². The summed E-state index contributed by atoms with van der Waals surface area (Å²) in [6.45, 7) is 5.85. The van der Waals surface area contributed by atoms with Gasteiger partial charge in [0.05, 0.1) is 0 Å². The number of carbonyl (C=O) groups excluding carboxylic acids is 1. The lowest BCUT2D eigenvalue weighted by atomic mass is 10.1. The standard InChI is InChI=1S/C16H20N4OS/c1-11-3-4-13(9-12(11)2)18-15(21)19-14-5-7-20(10-14)16-17-6-8-22-16/h3-4,6,8-9,14H,5,7,10H2,1-2H3,(H2,18,19,21). The Kier molecular flexibility index (Phi) is 4.29. The number of thiazole rings is 1. The molecule has 1 atom stereocenters. The third-order valence-electron chi connectivity index (χ3n) is 3.98. The Labute approximate surface area is 134 Å². The molecule has 1 unspecified atom stereocenters. The fourth-order valence-corrected chi connectivity index (χ4v) is 3.28. The molecule has 1 aromatic carbocycles. The highest BCUT2D eigenvalue weighted by Crippen LogP contribution is 2.22. The molecule has 2 amide bonds. The third kappa shape index (κ3) is 3.39. The van der Waals surface area contributed by atoms with Gasteiger partial charge in [0.2, 0.25) is 0 Å². The van der Waals surface area contributed by atoms with Crippen LogP contribution in [-0.4, -0.2) is 30.1 Å². The van der Waals surface area contributed by atoms with Crippen molar-refractivity contribution in [3.8, 4) is 0 Å². The third-order valence-corrected chi connectivity index (χ3v) is 4.81. The van der Waals surface area contributed by atoms with Gasteiger partial charge in [-0.1, -0.05) is 6.07 Å². The van der Waals surface area contributed by atoms with E-state index in [1.54, 1.807) is 11.3 Å². The van der Waals surface area contributed by atoms with Crippen LogP contribution in [0.15, 0.2) is 29.8 Å². The normalized spacial score (nSPS) is 17.5. The Hall–Kier alpha value is -2.08. The van der Waals surface area contributed by atoms with Crippen LogP contribution < -0.4 is 15.5 Å². The van der Waals surface area contributed by atoms with Crippen molar-refractivity contribution in [2.75, 3.05) is 23.3 Å². The zero-order valence-electron chi connectivity index (χ0n) is 12.8. The summed E-state index contributed by atoms with van der Waals surface area (Å²) in [5, 5.41) is 8.94. The molecule has 6 heteroatoms. The summed E-state index contributed by atoms with van der Waals surface area (Å²) in [6, 6.07) is 5.96. The number of urea groups is 1. The predicted octanol–water partition coefficient (Wildman–Crippen LogP) is 3.16. The summed E-state index contributed by atoms with van der Waals surface area (Å²) in [7, 11) is 0. The molecule has 0 bridgehead atoms. The van der Waals surface area contributed by atoms with E-state index in [0.29, 0.717) is 0 Å². The lowest BCUT2D eigenvalue weighted by molar-refractivity contribution is 0.249. The number of aromatic nitrogens is 1. The van der Waals surface area contributed by atoms with Gasteiger partial charge in [-0.3, -0.25) is 0 Å². The molecular weight excluding hydrogens is 296 g/mol. The summed E-state index contributed by atoms with van der Waals surface area (Å²) in [5.74, 6) is 0. The van der Waals surface area contributed by atoms with E-state index in [9.17, 15) is 4.79 Å². The molecule has 116 valence electrons. The number of anilines is 2. The predicted molar refractivity (Wildman–Crippen MR) is 90.8 cm³/mol. The minimum atomic E-state index is -0.144. The Bertz CT molecular complexity index is 656. The van der Waals surface area contributed by atoms with Crippen LogP contribution in [0, 0.1) is 13.8 Å². The number of carbonyl (C=O) groups is 1. The maximum Gasteiger partial charge on any atom is 0.319 e. The number of hydrogen-bond donors (Lipinski definition) is 2. The van der Waals surface area contributed by atoms with E-state index in [4.69, 9.17) is 0 Å². The van der Waals surface area contributed by atoms with Crippen molar-refractivity contribution in [3.63, 3.8) is 0 Å². The summed E-state index contributed by atoms with van der Waals surface area (Å²) in [4.78, 5) is 18.6. The van der Waals surface area contributed by atoms with E-state index in [-0.39, 0.29) is 12.1 Å². The van der Waals surface area contributed by atoms with Gasteiger partial charge >= 0.3 is 6.03 Å². The molecule has 5 nitrogen and oxygen atoms in total. The molecule has 0 saturated carbocycles. The van der Waals surface area contributed by atoms with Crippen LogP contribution in [0.25, 0.3) is 0 Å².